The Morgan fingerprint density at radius 3 is 2.62 bits per heavy atom. The number of rotatable bonds is 2. The Kier molecular flexibility index (Phi) is 3.39. The summed E-state index contributed by atoms with van der Waals surface area (Å²) in [5.74, 6) is 2.06. The Morgan fingerprint density at radius 1 is 1.19 bits per heavy atom. The van der Waals surface area contributed by atoms with Gasteiger partial charge < -0.3 is 10.2 Å². The summed E-state index contributed by atoms with van der Waals surface area (Å²) < 4.78 is 0. The number of anilines is 1. The van der Waals surface area contributed by atoms with Gasteiger partial charge in [0.15, 0.2) is 0 Å². The molecule has 88 valence electrons. The number of nitrogens with one attached hydrogen (secondary N) is 1. The maximum atomic E-state index is 4.66. The number of hydrogen-bond donors (Lipinski definition) is 1. The molecule has 0 aromatic carbocycles. The largest absolute Gasteiger partial charge is 0.362 e. The number of aromatic nitrogens is 2. The summed E-state index contributed by atoms with van der Waals surface area (Å²) in [6, 6.07) is 0. The molecule has 1 aliphatic heterocycles. The van der Waals surface area contributed by atoms with E-state index in [4.69, 9.17) is 0 Å². The van der Waals surface area contributed by atoms with Gasteiger partial charge in [0, 0.05) is 39.0 Å². The van der Waals surface area contributed by atoms with Crippen molar-refractivity contribution >= 4 is 5.82 Å². The van der Waals surface area contributed by atoms with E-state index < -0.39 is 0 Å². The highest BCUT2D eigenvalue weighted by atomic mass is 15.2. The minimum atomic E-state index is 0.904. The van der Waals surface area contributed by atoms with E-state index >= 15 is 0 Å². The fraction of sp³-hybridized carbons (Fsp3) is 0.667. The van der Waals surface area contributed by atoms with E-state index in [0.717, 1.165) is 44.0 Å². The average Bonchev–Trinajstić information content (AvgIpc) is 2.52. The molecule has 0 unspecified atom stereocenters. The summed E-state index contributed by atoms with van der Waals surface area (Å²) in [6.07, 6.45) is 2.96. The van der Waals surface area contributed by atoms with E-state index in [2.05, 4.69) is 41.2 Å². The second-order valence-electron chi connectivity index (χ2n) is 4.39. The Balaban J connectivity index is 2.49. The first kappa shape index (κ1) is 11.3. The van der Waals surface area contributed by atoms with Gasteiger partial charge in [-0.1, -0.05) is 6.92 Å². The molecule has 0 radical (unpaired) electrons. The molecule has 0 amide bonds. The third-order valence-corrected chi connectivity index (χ3v) is 2.95. The van der Waals surface area contributed by atoms with Crippen molar-refractivity contribution in [2.45, 2.75) is 26.2 Å². The van der Waals surface area contributed by atoms with Crippen molar-refractivity contribution < 1.29 is 0 Å². The van der Waals surface area contributed by atoms with Crippen molar-refractivity contribution in [3.8, 4) is 0 Å². The van der Waals surface area contributed by atoms with E-state index in [1.54, 1.807) is 0 Å². The van der Waals surface area contributed by atoms with Crippen LogP contribution in [0.1, 0.15) is 24.0 Å². The number of hydrogen-bond acceptors (Lipinski definition) is 4. The molecule has 1 aliphatic rings. The molecule has 16 heavy (non-hydrogen) atoms. The maximum Gasteiger partial charge on any atom is 0.135 e. The maximum absolute atomic E-state index is 4.66. The Hall–Kier alpha value is -1.16. The highest BCUT2D eigenvalue weighted by Crippen LogP contribution is 2.21. The molecule has 1 N–H and O–H groups in total. The zero-order valence-electron chi connectivity index (χ0n) is 10.4. The standard InChI is InChI=1S/C12H20N4/c1-4-11-14-10-6-8-13-7-5-9(10)12(15-11)16(2)3/h13H,4-8H2,1-3H3. The summed E-state index contributed by atoms with van der Waals surface area (Å²) in [6.45, 7) is 4.17. The molecular formula is C12H20N4. The molecule has 0 bridgehead atoms. The van der Waals surface area contributed by atoms with Gasteiger partial charge in [-0.05, 0) is 13.0 Å². The third-order valence-electron chi connectivity index (χ3n) is 2.95. The highest BCUT2D eigenvalue weighted by Gasteiger charge is 2.16. The molecule has 2 rings (SSSR count). The van der Waals surface area contributed by atoms with Crippen LogP contribution in [-0.2, 0) is 19.3 Å². The predicted octanol–water partition coefficient (Wildman–Crippen LogP) is 0.793. The van der Waals surface area contributed by atoms with Gasteiger partial charge in [-0.2, -0.15) is 0 Å². The molecule has 2 heterocycles. The molecule has 1 aromatic heterocycles. The zero-order chi connectivity index (χ0) is 11.5. The third kappa shape index (κ3) is 2.16. The van der Waals surface area contributed by atoms with Gasteiger partial charge in [0.25, 0.3) is 0 Å². The lowest BCUT2D eigenvalue weighted by atomic mass is 10.1. The average molecular weight is 220 g/mol. The molecule has 4 heteroatoms. The summed E-state index contributed by atoms with van der Waals surface area (Å²) >= 11 is 0. The molecule has 0 fully saturated rings. The lowest BCUT2D eigenvalue weighted by molar-refractivity contribution is 0.707. The highest BCUT2D eigenvalue weighted by molar-refractivity contribution is 5.48. The second-order valence-corrected chi connectivity index (χ2v) is 4.39. The molecule has 1 aromatic rings. The quantitative estimate of drug-likeness (QED) is 0.800. The lowest BCUT2D eigenvalue weighted by Gasteiger charge is -2.18. The molecule has 0 aliphatic carbocycles. The summed E-state index contributed by atoms with van der Waals surface area (Å²) in [4.78, 5) is 11.4. The van der Waals surface area contributed by atoms with Crippen molar-refractivity contribution in [3.05, 3.63) is 17.1 Å². The summed E-state index contributed by atoms with van der Waals surface area (Å²) in [5, 5.41) is 3.41. The van der Waals surface area contributed by atoms with Gasteiger partial charge in [-0.25, -0.2) is 9.97 Å². The lowest BCUT2D eigenvalue weighted by Crippen LogP contribution is -2.18. The molecular weight excluding hydrogens is 200 g/mol. The first-order valence-electron chi connectivity index (χ1n) is 5.99. The molecule has 0 saturated carbocycles. The van der Waals surface area contributed by atoms with E-state index in [0.29, 0.717) is 0 Å². The van der Waals surface area contributed by atoms with E-state index in [1.807, 2.05) is 0 Å². The summed E-state index contributed by atoms with van der Waals surface area (Å²) in [5.41, 5.74) is 2.56. The smallest absolute Gasteiger partial charge is 0.135 e. The second kappa shape index (κ2) is 4.78. The van der Waals surface area contributed by atoms with Crippen LogP contribution >= 0.6 is 0 Å². The number of aryl methyl sites for hydroxylation is 1. The van der Waals surface area contributed by atoms with Crippen molar-refractivity contribution in [3.63, 3.8) is 0 Å². The van der Waals surface area contributed by atoms with Gasteiger partial charge in [-0.3, -0.25) is 0 Å². The van der Waals surface area contributed by atoms with Gasteiger partial charge in [0.05, 0.1) is 5.69 Å². The molecule has 0 saturated heterocycles. The van der Waals surface area contributed by atoms with Crippen molar-refractivity contribution in [1.82, 2.24) is 15.3 Å². The van der Waals surface area contributed by atoms with Crippen LogP contribution < -0.4 is 10.2 Å². The van der Waals surface area contributed by atoms with E-state index in [1.165, 1.54) is 11.3 Å². The fourth-order valence-electron chi connectivity index (χ4n) is 2.10. The van der Waals surface area contributed by atoms with Gasteiger partial charge in [-0.15, -0.1) is 0 Å². The van der Waals surface area contributed by atoms with Crippen molar-refractivity contribution in [1.29, 1.82) is 0 Å². The monoisotopic (exact) mass is 220 g/mol. The summed E-state index contributed by atoms with van der Waals surface area (Å²) in [7, 11) is 4.11. The van der Waals surface area contributed by atoms with Crippen LogP contribution in [0.2, 0.25) is 0 Å². The molecule has 0 atom stereocenters. The zero-order valence-corrected chi connectivity index (χ0v) is 10.4. The number of fused-ring (bicyclic) bond motifs is 1. The minimum absolute atomic E-state index is 0.904. The van der Waals surface area contributed by atoms with Crippen LogP contribution in [0.25, 0.3) is 0 Å². The van der Waals surface area contributed by atoms with Gasteiger partial charge in [0.1, 0.15) is 11.6 Å². The van der Waals surface area contributed by atoms with Crippen LogP contribution in [0.4, 0.5) is 5.82 Å². The van der Waals surface area contributed by atoms with Gasteiger partial charge in [0.2, 0.25) is 0 Å². The van der Waals surface area contributed by atoms with E-state index in [9.17, 15) is 0 Å². The van der Waals surface area contributed by atoms with Crippen LogP contribution in [0, 0.1) is 0 Å². The Morgan fingerprint density at radius 2 is 1.94 bits per heavy atom. The van der Waals surface area contributed by atoms with Crippen LogP contribution in [0.3, 0.4) is 0 Å². The Bertz CT molecular complexity index is 374. The van der Waals surface area contributed by atoms with Crippen LogP contribution in [-0.4, -0.2) is 37.2 Å². The SMILES string of the molecule is CCc1nc2c(c(N(C)C)n1)CCNCC2. The van der Waals surface area contributed by atoms with Crippen molar-refractivity contribution in [2.24, 2.45) is 0 Å². The first-order chi connectivity index (χ1) is 7.72. The molecule has 4 nitrogen and oxygen atoms in total. The normalized spacial score (nSPS) is 15.4. The number of nitrogens with zero attached hydrogens (tertiary/aromatic N) is 3. The van der Waals surface area contributed by atoms with E-state index in [-0.39, 0.29) is 0 Å². The first-order valence-corrected chi connectivity index (χ1v) is 5.99. The van der Waals surface area contributed by atoms with Gasteiger partial charge >= 0.3 is 0 Å². The van der Waals surface area contributed by atoms with Crippen LogP contribution in [0.5, 0.6) is 0 Å². The predicted molar refractivity (Wildman–Crippen MR) is 66.0 cm³/mol. The fourth-order valence-corrected chi connectivity index (χ4v) is 2.10. The molecule has 0 spiro atoms. The van der Waals surface area contributed by atoms with Crippen LogP contribution in [0.15, 0.2) is 0 Å². The van der Waals surface area contributed by atoms with Crippen molar-refractivity contribution in [2.75, 3.05) is 32.1 Å². The Labute approximate surface area is 97.1 Å². The minimum Gasteiger partial charge on any atom is -0.362 e. The topological polar surface area (TPSA) is 41.1 Å².